The lowest BCUT2D eigenvalue weighted by Crippen LogP contribution is -2.04. The number of hydrogen-bond donors (Lipinski definition) is 1. The minimum atomic E-state index is -0.138. The molecule has 3 aromatic rings. The summed E-state index contributed by atoms with van der Waals surface area (Å²) in [7, 11) is 3.18. The van der Waals surface area contributed by atoms with Gasteiger partial charge in [0.1, 0.15) is 0 Å². The molecule has 0 saturated carbocycles. The molecule has 0 aliphatic carbocycles. The third-order valence-electron chi connectivity index (χ3n) is 3.52. The monoisotopic (exact) mass is 299 g/mol. The lowest BCUT2D eigenvalue weighted by atomic mass is 10.2. The van der Waals surface area contributed by atoms with E-state index < -0.39 is 0 Å². The first-order chi connectivity index (χ1) is 10.8. The maximum absolute atomic E-state index is 9.54. The average molecular weight is 299 g/mol. The maximum Gasteiger partial charge on any atom is 0.162 e. The van der Waals surface area contributed by atoms with Crippen molar-refractivity contribution in [3.63, 3.8) is 0 Å². The molecule has 0 atom stereocenters. The Labute approximate surface area is 127 Å². The molecule has 1 aromatic carbocycles. The number of fused-ring (bicyclic) bond motifs is 1. The molecule has 0 saturated heterocycles. The number of aliphatic hydroxyl groups is 1. The smallest absolute Gasteiger partial charge is 0.162 e. The molecule has 0 fully saturated rings. The molecule has 0 unspecified atom stereocenters. The molecule has 114 valence electrons. The van der Waals surface area contributed by atoms with Gasteiger partial charge >= 0.3 is 0 Å². The van der Waals surface area contributed by atoms with Crippen molar-refractivity contribution in [3.8, 4) is 11.5 Å². The molecular formula is C16H17N3O3. The Kier molecular flexibility index (Phi) is 3.93. The molecule has 22 heavy (non-hydrogen) atoms. The lowest BCUT2D eigenvalue weighted by molar-refractivity contribution is 0.276. The molecular weight excluding hydrogens is 282 g/mol. The molecule has 1 N–H and O–H groups in total. The van der Waals surface area contributed by atoms with E-state index in [0.717, 1.165) is 16.6 Å². The predicted molar refractivity (Wildman–Crippen MR) is 82.1 cm³/mol. The van der Waals surface area contributed by atoms with Gasteiger partial charge in [0.05, 0.1) is 44.3 Å². The summed E-state index contributed by atoms with van der Waals surface area (Å²) in [6.45, 7) is 0.383. The Morgan fingerprint density at radius 1 is 1.14 bits per heavy atom. The first-order valence-corrected chi connectivity index (χ1v) is 6.89. The van der Waals surface area contributed by atoms with Gasteiger partial charge in [-0.3, -0.25) is 9.67 Å². The van der Waals surface area contributed by atoms with Crippen LogP contribution in [0.3, 0.4) is 0 Å². The fourth-order valence-electron chi connectivity index (χ4n) is 2.45. The molecule has 6 heteroatoms. The van der Waals surface area contributed by atoms with E-state index in [-0.39, 0.29) is 6.61 Å². The zero-order valence-corrected chi connectivity index (χ0v) is 12.5. The van der Waals surface area contributed by atoms with Crippen LogP contribution in [0.2, 0.25) is 0 Å². The SMILES string of the molecule is COc1cc2c(CO)nn(Cc3ccccn3)c2cc1OC. The maximum atomic E-state index is 9.54. The summed E-state index contributed by atoms with van der Waals surface area (Å²) in [6, 6.07) is 9.44. The fraction of sp³-hybridized carbons (Fsp3) is 0.250. The zero-order valence-electron chi connectivity index (χ0n) is 12.5. The van der Waals surface area contributed by atoms with E-state index >= 15 is 0 Å². The van der Waals surface area contributed by atoms with Gasteiger partial charge in [0.2, 0.25) is 0 Å². The highest BCUT2D eigenvalue weighted by Gasteiger charge is 2.15. The second-order valence-electron chi connectivity index (χ2n) is 4.81. The van der Waals surface area contributed by atoms with Gasteiger partial charge in [0.15, 0.2) is 11.5 Å². The van der Waals surface area contributed by atoms with Crippen molar-refractivity contribution in [1.29, 1.82) is 0 Å². The number of hydrogen-bond acceptors (Lipinski definition) is 5. The molecule has 2 heterocycles. The number of benzene rings is 1. The third-order valence-corrected chi connectivity index (χ3v) is 3.52. The molecule has 0 aliphatic heterocycles. The van der Waals surface area contributed by atoms with Gasteiger partial charge in [-0.15, -0.1) is 0 Å². The Bertz CT molecular complexity index is 784. The van der Waals surface area contributed by atoms with Crippen LogP contribution in [0.5, 0.6) is 11.5 Å². The van der Waals surface area contributed by atoms with Gasteiger partial charge in [-0.05, 0) is 18.2 Å². The summed E-state index contributed by atoms with van der Waals surface area (Å²) in [5.74, 6) is 1.24. The summed E-state index contributed by atoms with van der Waals surface area (Å²) in [5, 5.41) is 14.9. The van der Waals surface area contributed by atoms with Gasteiger partial charge in [0, 0.05) is 17.6 Å². The Morgan fingerprint density at radius 2 is 1.91 bits per heavy atom. The first-order valence-electron chi connectivity index (χ1n) is 6.89. The van der Waals surface area contributed by atoms with Gasteiger partial charge in [-0.2, -0.15) is 5.10 Å². The summed E-state index contributed by atoms with van der Waals surface area (Å²) in [6.07, 6.45) is 1.75. The summed E-state index contributed by atoms with van der Waals surface area (Å²) < 4.78 is 12.5. The molecule has 6 nitrogen and oxygen atoms in total. The summed E-state index contributed by atoms with van der Waals surface area (Å²) in [4.78, 5) is 4.31. The van der Waals surface area contributed by atoms with Crippen LogP contribution < -0.4 is 9.47 Å². The Balaban J connectivity index is 2.14. The minimum absolute atomic E-state index is 0.138. The van der Waals surface area contributed by atoms with Crippen molar-refractivity contribution in [2.24, 2.45) is 0 Å². The van der Waals surface area contributed by atoms with E-state index in [9.17, 15) is 5.11 Å². The number of nitrogens with zero attached hydrogens (tertiary/aromatic N) is 3. The van der Waals surface area contributed by atoms with Gasteiger partial charge in [-0.25, -0.2) is 0 Å². The van der Waals surface area contributed by atoms with Crippen molar-refractivity contribution in [3.05, 3.63) is 47.9 Å². The molecule has 0 bridgehead atoms. The molecule has 3 rings (SSSR count). The molecule has 0 amide bonds. The van der Waals surface area contributed by atoms with Gasteiger partial charge < -0.3 is 14.6 Å². The number of pyridine rings is 1. The van der Waals surface area contributed by atoms with Crippen LogP contribution in [0, 0.1) is 0 Å². The Hall–Kier alpha value is -2.60. The predicted octanol–water partition coefficient (Wildman–Crippen LogP) is 1.99. The van der Waals surface area contributed by atoms with Crippen LogP contribution in [0.15, 0.2) is 36.5 Å². The van der Waals surface area contributed by atoms with Crippen LogP contribution in [0.1, 0.15) is 11.4 Å². The number of ether oxygens (including phenoxy) is 2. The summed E-state index contributed by atoms with van der Waals surface area (Å²) >= 11 is 0. The van der Waals surface area contributed by atoms with Crippen LogP contribution >= 0.6 is 0 Å². The second-order valence-corrected chi connectivity index (χ2v) is 4.81. The molecule has 0 aliphatic rings. The lowest BCUT2D eigenvalue weighted by Gasteiger charge is -2.09. The van der Waals surface area contributed by atoms with Crippen molar-refractivity contribution < 1.29 is 14.6 Å². The normalized spacial score (nSPS) is 10.9. The van der Waals surface area contributed by atoms with Crippen molar-refractivity contribution in [1.82, 2.24) is 14.8 Å². The first kappa shape index (κ1) is 14.3. The molecule has 0 spiro atoms. The number of rotatable bonds is 5. The highest BCUT2D eigenvalue weighted by atomic mass is 16.5. The standard InChI is InChI=1S/C16H17N3O3/c1-21-15-7-12-13(10-20)18-19(14(12)8-16(15)22-2)9-11-5-3-4-6-17-11/h3-8,20H,9-10H2,1-2H3. The van der Waals surface area contributed by atoms with Crippen LogP contribution in [-0.4, -0.2) is 34.1 Å². The van der Waals surface area contributed by atoms with E-state index in [4.69, 9.17) is 9.47 Å². The van der Waals surface area contributed by atoms with E-state index in [1.165, 1.54) is 0 Å². The quantitative estimate of drug-likeness (QED) is 0.780. The largest absolute Gasteiger partial charge is 0.493 e. The van der Waals surface area contributed by atoms with Crippen molar-refractivity contribution in [2.45, 2.75) is 13.2 Å². The molecule has 2 aromatic heterocycles. The van der Waals surface area contributed by atoms with Crippen LogP contribution in [0.25, 0.3) is 10.9 Å². The van der Waals surface area contributed by atoms with E-state index in [1.807, 2.05) is 35.0 Å². The third kappa shape index (κ3) is 2.48. The minimum Gasteiger partial charge on any atom is -0.493 e. The van der Waals surface area contributed by atoms with Crippen molar-refractivity contribution in [2.75, 3.05) is 14.2 Å². The summed E-state index contributed by atoms with van der Waals surface area (Å²) in [5.41, 5.74) is 2.37. The van der Waals surface area contributed by atoms with Gasteiger partial charge in [0.25, 0.3) is 0 Å². The van der Waals surface area contributed by atoms with Crippen molar-refractivity contribution >= 4 is 10.9 Å². The number of aliphatic hydroxyl groups excluding tert-OH is 1. The topological polar surface area (TPSA) is 69.4 Å². The highest BCUT2D eigenvalue weighted by Crippen LogP contribution is 2.33. The van der Waals surface area contributed by atoms with Crippen LogP contribution in [-0.2, 0) is 13.2 Å². The second kappa shape index (κ2) is 6.03. The number of aromatic nitrogens is 3. The van der Waals surface area contributed by atoms with E-state index in [0.29, 0.717) is 23.7 Å². The van der Waals surface area contributed by atoms with E-state index in [2.05, 4.69) is 10.1 Å². The number of methoxy groups -OCH3 is 2. The van der Waals surface area contributed by atoms with E-state index in [1.54, 1.807) is 20.4 Å². The molecule has 0 radical (unpaired) electrons. The Morgan fingerprint density at radius 3 is 2.55 bits per heavy atom. The average Bonchev–Trinajstić information content (AvgIpc) is 2.91. The van der Waals surface area contributed by atoms with Crippen LogP contribution in [0.4, 0.5) is 0 Å². The fourth-order valence-corrected chi connectivity index (χ4v) is 2.45. The highest BCUT2D eigenvalue weighted by molar-refractivity contribution is 5.85. The zero-order chi connectivity index (χ0) is 15.5. The van der Waals surface area contributed by atoms with Gasteiger partial charge in [-0.1, -0.05) is 6.07 Å².